The Balaban J connectivity index is 1.76. The van der Waals surface area contributed by atoms with E-state index in [4.69, 9.17) is 5.73 Å². The van der Waals surface area contributed by atoms with E-state index in [1.54, 1.807) is 25.1 Å². The fourth-order valence-electron chi connectivity index (χ4n) is 3.65. The summed E-state index contributed by atoms with van der Waals surface area (Å²) in [6, 6.07) is 4.33. The molecule has 24 heavy (non-hydrogen) atoms. The van der Waals surface area contributed by atoms with Crippen molar-refractivity contribution in [2.45, 2.75) is 45.2 Å². The molecule has 6 heteroatoms. The summed E-state index contributed by atoms with van der Waals surface area (Å²) < 4.78 is 0. The molecule has 1 saturated carbocycles. The van der Waals surface area contributed by atoms with Gasteiger partial charge in [0.25, 0.3) is 11.8 Å². The van der Waals surface area contributed by atoms with Gasteiger partial charge in [0, 0.05) is 6.04 Å². The highest BCUT2D eigenvalue weighted by Gasteiger charge is 2.41. The number of aryl methyl sites for hydroxylation is 1. The Bertz CT molecular complexity index is 701. The number of hydrogen-bond acceptors (Lipinski definition) is 4. The zero-order valence-corrected chi connectivity index (χ0v) is 14.0. The Kier molecular flexibility index (Phi) is 4.41. The lowest BCUT2D eigenvalue weighted by molar-refractivity contribution is -0.125. The van der Waals surface area contributed by atoms with Crippen LogP contribution in [0, 0.1) is 12.8 Å². The van der Waals surface area contributed by atoms with Gasteiger partial charge in [0.15, 0.2) is 0 Å². The van der Waals surface area contributed by atoms with Gasteiger partial charge >= 0.3 is 0 Å². The maximum absolute atomic E-state index is 12.6. The third-order valence-corrected chi connectivity index (χ3v) is 5.13. The number of amides is 3. The van der Waals surface area contributed by atoms with E-state index >= 15 is 0 Å². The lowest BCUT2D eigenvalue weighted by Crippen LogP contribution is -2.51. The number of rotatable bonds is 4. The molecule has 1 aliphatic carbocycles. The van der Waals surface area contributed by atoms with Crippen LogP contribution in [0.5, 0.6) is 0 Å². The van der Waals surface area contributed by atoms with E-state index in [1.807, 2.05) is 6.92 Å². The molecule has 3 atom stereocenters. The van der Waals surface area contributed by atoms with Gasteiger partial charge in [-0.15, -0.1) is 0 Å². The van der Waals surface area contributed by atoms with Crippen LogP contribution in [0.4, 0.5) is 0 Å². The fourth-order valence-corrected chi connectivity index (χ4v) is 3.65. The molecule has 3 N–H and O–H groups in total. The van der Waals surface area contributed by atoms with Crippen LogP contribution in [0.1, 0.15) is 52.5 Å². The van der Waals surface area contributed by atoms with E-state index in [0.717, 1.165) is 29.7 Å². The molecule has 1 aliphatic heterocycles. The van der Waals surface area contributed by atoms with E-state index in [0.29, 0.717) is 17.7 Å². The molecule has 0 spiro atoms. The third kappa shape index (κ3) is 2.71. The Hall–Kier alpha value is -2.21. The summed E-state index contributed by atoms with van der Waals surface area (Å²) in [7, 11) is 0. The molecule has 0 radical (unpaired) electrons. The Labute approximate surface area is 141 Å². The van der Waals surface area contributed by atoms with Gasteiger partial charge in [-0.25, -0.2) is 0 Å². The lowest BCUT2D eigenvalue weighted by Gasteiger charge is -2.25. The first-order chi connectivity index (χ1) is 11.4. The van der Waals surface area contributed by atoms with E-state index in [2.05, 4.69) is 5.32 Å². The van der Waals surface area contributed by atoms with Crippen molar-refractivity contribution in [3.63, 3.8) is 0 Å². The van der Waals surface area contributed by atoms with Crippen molar-refractivity contribution in [2.75, 3.05) is 6.54 Å². The highest BCUT2D eigenvalue weighted by atomic mass is 16.2. The second kappa shape index (κ2) is 6.36. The molecule has 3 rings (SSSR count). The van der Waals surface area contributed by atoms with Gasteiger partial charge in [-0.3, -0.25) is 19.3 Å². The minimum atomic E-state index is -0.836. The number of benzene rings is 1. The molecule has 1 fully saturated rings. The van der Waals surface area contributed by atoms with Crippen LogP contribution in [0.2, 0.25) is 0 Å². The molecule has 0 bridgehead atoms. The average Bonchev–Trinajstić information content (AvgIpc) is 3.10. The van der Waals surface area contributed by atoms with Crippen LogP contribution in [0.3, 0.4) is 0 Å². The second-order valence-electron chi connectivity index (χ2n) is 6.75. The number of carbonyl (C=O) groups excluding carboxylic acids is 3. The zero-order valence-electron chi connectivity index (χ0n) is 14.0. The molecule has 3 amide bonds. The summed E-state index contributed by atoms with van der Waals surface area (Å²) in [5.41, 5.74) is 7.39. The van der Waals surface area contributed by atoms with Gasteiger partial charge in [0.2, 0.25) is 5.91 Å². The fraction of sp³-hybridized carbons (Fsp3) is 0.500. The standard InChI is InChI=1S/C18H23N3O3/c1-10-6-7-13-14(8-10)18(24)21(17(13)23)11(2)16(22)20-15-5-3-4-12(15)9-19/h6-8,11-12,15H,3-5,9,19H2,1-2H3,(H,20,22). The molecular formula is C18H23N3O3. The molecule has 1 aromatic rings. The first-order valence-corrected chi connectivity index (χ1v) is 8.43. The highest BCUT2D eigenvalue weighted by Crippen LogP contribution is 2.27. The summed E-state index contributed by atoms with van der Waals surface area (Å²) >= 11 is 0. The molecule has 3 unspecified atom stereocenters. The molecule has 1 heterocycles. The van der Waals surface area contributed by atoms with Crippen LogP contribution in [0.15, 0.2) is 18.2 Å². The third-order valence-electron chi connectivity index (χ3n) is 5.13. The Morgan fingerprint density at radius 3 is 2.71 bits per heavy atom. The normalized spacial score (nSPS) is 24.2. The van der Waals surface area contributed by atoms with Gasteiger partial charge in [0.05, 0.1) is 11.1 Å². The summed E-state index contributed by atoms with van der Waals surface area (Å²) in [4.78, 5) is 38.7. The molecule has 0 saturated heterocycles. The minimum absolute atomic E-state index is 0.0300. The SMILES string of the molecule is Cc1ccc2c(c1)C(=O)N(C(C)C(=O)NC1CCCC1CN)C2=O. The number of carbonyl (C=O) groups is 3. The van der Waals surface area contributed by atoms with E-state index in [1.165, 1.54) is 0 Å². The van der Waals surface area contributed by atoms with E-state index in [-0.39, 0.29) is 17.9 Å². The maximum atomic E-state index is 12.6. The van der Waals surface area contributed by atoms with Gasteiger partial charge < -0.3 is 11.1 Å². The minimum Gasteiger partial charge on any atom is -0.351 e. The molecule has 128 valence electrons. The zero-order chi connectivity index (χ0) is 17.4. The first kappa shape index (κ1) is 16.6. The number of nitrogens with zero attached hydrogens (tertiary/aromatic N) is 1. The molecular weight excluding hydrogens is 306 g/mol. The Morgan fingerprint density at radius 2 is 2.00 bits per heavy atom. The predicted octanol–water partition coefficient (Wildman–Crippen LogP) is 1.22. The van der Waals surface area contributed by atoms with Crippen molar-refractivity contribution in [3.05, 3.63) is 34.9 Å². The van der Waals surface area contributed by atoms with Crippen molar-refractivity contribution in [2.24, 2.45) is 11.7 Å². The average molecular weight is 329 g/mol. The van der Waals surface area contributed by atoms with Gasteiger partial charge in [-0.1, -0.05) is 18.1 Å². The van der Waals surface area contributed by atoms with Crippen LogP contribution < -0.4 is 11.1 Å². The number of fused-ring (bicyclic) bond motifs is 1. The summed E-state index contributed by atoms with van der Waals surface area (Å²) in [5, 5.41) is 2.97. The van der Waals surface area contributed by atoms with Crippen molar-refractivity contribution < 1.29 is 14.4 Å². The number of nitrogens with one attached hydrogen (secondary N) is 1. The van der Waals surface area contributed by atoms with Gasteiger partial charge in [0.1, 0.15) is 6.04 Å². The molecule has 6 nitrogen and oxygen atoms in total. The summed E-state index contributed by atoms with van der Waals surface area (Å²) in [6.45, 7) is 3.99. The van der Waals surface area contributed by atoms with Crippen molar-refractivity contribution in [1.82, 2.24) is 10.2 Å². The van der Waals surface area contributed by atoms with Crippen molar-refractivity contribution in [1.29, 1.82) is 0 Å². The number of hydrogen-bond donors (Lipinski definition) is 2. The van der Waals surface area contributed by atoms with Crippen LogP contribution >= 0.6 is 0 Å². The molecule has 0 aromatic heterocycles. The Morgan fingerprint density at radius 1 is 1.29 bits per heavy atom. The first-order valence-electron chi connectivity index (χ1n) is 8.43. The largest absolute Gasteiger partial charge is 0.351 e. The smallest absolute Gasteiger partial charge is 0.262 e. The highest BCUT2D eigenvalue weighted by molar-refractivity contribution is 6.22. The number of imide groups is 1. The second-order valence-corrected chi connectivity index (χ2v) is 6.75. The van der Waals surface area contributed by atoms with Crippen LogP contribution in [-0.4, -0.2) is 41.2 Å². The summed E-state index contributed by atoms with van der Waals surface area (Å²) in [6.07, 6.45) is 2.93. The monoisotopic (exact) mass is 329 g/mol. The predicted molar refractivity (Wildman–Crippen MR) is 89.5 cm³/mol. The van der Waals surface area contributed by atoms with Crippen molar-refractivity contribution in [3.8, 4) is 0 Å². The van der Waals surface area contributed by atoms with E-state index in [9.17, 15) is 14.4 Å². The van der Waals surface area contributed by atoms with Crippen LogP contribution in [0.25, 0.3) is 0 Å². The van der Waals surface area contributed by atoms with Crippen LogP contribution in [-0.2, 0) is 4.79 Å². The topological polar surface area (TPSA) is 92.5 Å². The summed E-state index contributed by atoms with van der Waals surface area (Å²) in [5.74, 6) is -0.833. The van der Waals surface area contributed by atoms with Gasteiger partial charge in [-0.05, 0) is 51.3 Å². The number of nitrogens with two attached hydrogens (primary N) is 1. The molecule has 1 aromatic carbocycles. The maximum Gasteiger partial charge on any atom is 0.262 e. The molecule has 2 aliphatic rings. The van der Waals surface area contributed by atoms with E-state index < -0.39 is 17.9 Å². The lowest BCUT2D eigenvalue weighted by atomic mass is 10.0. The quantitative estimate of drug-likeness (QED) is 0.813. The van der Waals surface area contributed by atoms with Gasteiger partial charge in [-0.2, -0.15) is 0 Å². The van der Waals surface area contributed by atoms with Crippen molar-refractivity contribution >= 4 is 17.7 Å².